The van der Waals surface area contributed by atoms with Gasteiger partial charge in [0.15, 0.2) is 0 Å². The molecule has 0 saturated carbocycles. The average molecular weight is 182 g/mol. The summed E-state index contributed by atoms with van der Waals surface area (Å²) in [6.07, 6.45) is 0.0324. The Balaban J connectivity index is 0. The molecular formula is C7H16ClNO2. The molecule has 0 bridgehead atoms. The molecule has 0 aromatic rings. The van der Waals surface area contributed by atoms with Gasteiger partial charge in [-0.2, -0.15) is 0 Å². The first-order valence-corrected chi connectivity index (χ1v) is 3.37. The van der Waals surface area contributed by atoms with Crippen LogP contribution in [0, 0.1) is 5.92 Å². The van der Waals surface area contributed by atoms with E-state index in [1.165, 1.54) is 0 Å². The van der Waals surface area contributed by atoms with Crippen LogP contribution in [0.5, 0.6) is 0 Å². The number of hydrogen-bond donors (Lipinski definition) is 2. The van der Waals surface area contributed by atoms with Crippen LogP contribution in [0.3, 0.4) is 0 Å². The van der Waals surface area contributed by atoms with Crippen molar-refractivity contribution in [3.8, 4) is 0 Å². The molecule has 0 amide bonds. The summed E-state index contributed by atoms with van der Waals surface area (Å²) in [5.41, 5.74) is 5.10. The largest absolute Gasteiger partial charge is 0.481 e. The van der Waals surface area contributed by atoms with Gasteiger partial charge in [-0.15, -0.1) is 12.4 Å². The van der Waals surface area contributed by atoms with E-state index in [0.717, 1.165) is 0 Å². The number of carbonyl (C=O) groups is 1. The summed E-state index contributed by atoms with van der Waals surface area (Å²) < 4.78 is 0. The molecule has 0 rings (SSSR count). The summed E-state index contributed by atoms with van der Waals surface area (Å²) in [6, 6.07) is 0. The second-order valence-electron chi connectivity index (χ2n) is 3.23. The van der Waals surface area contributed by atoms with Gasteiger partial charge in [0.05, 0.1) is 6.42 Å². The molecule has 3 N–H and O–H groups in total. The van der Waals surface area contributed by atoms with Gasteiger partial charge in [-0.25, -0.2) is 0 Å². The molecular weight excluding hydrogens is 166 g/mol. The van der Waals surface area contributed by atoms with Crippen molar-refractivity contribution in [3.63, 3.8) is 0 Å². The van der Waals surface area contributed by atoms with Gasteiger partial charge in [-0.05, 0) is 12.8 Å². The maximum absolute atomic E-state index is 10.2. The van der Waals surface area contributed by atoms with Crippen molar-refractivity contribution in [3.05, 3.63) is 0 Å². The molecule has 3 nitrogen and oxygen atoms in total. The molecule has 0 saturated heterocycles. The summed E-state index contributed by atoms with van der Waals surface area (Å²) >= 11 is 0. The van der Waals surface area contributed by atoms with E-state index in [2.05, 4.69) is 0 Å². The number of carboxylic acids is 1. The summed E-state index contributed by atoms with van der Waals surface area (Å²) in [6.45, 7) is 5.59. The summed E-state index contributed by atoms with van der Waals surface area (Å²) in [4.78, 5) is 10.2. The van der Waals surface area contributed by atoms with E-state index < -0.39 is 11.5 Å². The molecule has 68 valence electrons. The Bertz CT molecular complexity index is 134. The molecule has 0 aliphatic carbocycles. The van der Waals surface area contributed by atoms with Gasteiger partial charge < -0.3 is 10.8 Å². The standard InChI is InChI=1S/C7H15NO2.ClH/c1-5(2)7(3,8)4-6(9)10;/h5H,4,8H2,1-3H3,(H,9,10);1H/t7-;/m1./s1. The Hall–Kier alpha value is -0.280. The van der Waals surface area contributed by atoms with Crippen molar-refractivity contribution in [2.75, 3.05) is 0 Å². The van der Waals surface area contributed by atoms with Crippen LogP contribution >= 0.6 is 12.4 Å². The van der Waals surface area contributed by atoms with Crippen molar-refractivity contribution in [2.24, 2.45) is 11.7 Å². The molecule has 11 heavy (non-hydrogen) atoms. The number of aliphatic carboxylic acids is 1. The zero-order chi connectivity index (χ0) is 8.36. The highest BCUT2D eigenvalue weighted by molar-refractivity contribution is 5.85. The van der Waals surface area contributed by atoms with Crippen LogP contribution in [0.25, 0.3) is 0 Å². The second kappa shape index (κ2) is 4.57. The number of nitrogens with two attached hydrogens (primary N) is 1. The monoisotopic (exact) mass is 181 g/mol. The van der Waals surface area contributed by atoms with Crippen molar-refractivity contribution in [1.29, 1.82) is 0 Å². The molecule has 0 aliphatic rings. The Morgan fingerprint density at radius 1 is 1.64 bits per heavy atom. The quantitative estimate of drug-likeness (QED) is 0.689. The first kappa shape index (κ1) is 13.3. The lowest BCUT2D eigenvalue weighted by molar-refractivity contribution is -0.138. The van der Waals surface area contributed by atoms with Gasteiger partial charge in [-0.1, -0.05) is 13.8 Å². The number of hydrogen-bond acceptors (Lipinski definition) is 2. The molecule has 1 atom stereocenters. The summed E-state index contributed by atoms with van der Waals surface area (Å²) in [5, 5.41) is 8.42. The number of halogens is 1. The number of rotatable bonds is 3. The average Bonchev–Trinajstić information content (AvgIpc) is 1.60. The Labute approximate surface area is 73.4 Å². The maximum Gasteiger partial charge on any atom is 0.305 e. The van der Waals surface area contributed by atoms with Crippen LogP contribution in [0.1, 0.15) is 27.2 Å². The lowest BCUT2D eigenvalue weighted by atomic mass is 9.87. The first-order valence-electron chi connectivity index (χ1n) is 3.37. The molecule has 0 fully saturated rings. The smallest absolute Gasteiger partial charge is 0.305 e. The minimum atomic E-state index is -0.835. The van der Waals surface area contributed by atoms with Gasteiger partial charge >= 0.3 is 5.97 Å². The van der Waals surface area contributed by atoms with Gasteiger partial charge in [0.2, 0.25) is 0 Å². The fourth-order valence-electron chi connectivity index (χ4n) is 0.530. The maximum atomic E-state index is 10.2. The predicted octanol–water partition coefficient (Wildman–Crippen LogP) is 1.26. The zero-order valence-corrected chi connectivity index (χ0v) is 7.94. The molecule has 0 heterocycles. The van der Waals surface area contributed by atoms with Crippen LogP contribution in [-0.2, 0) is 4.79 Å². The molecule has 0 aliphatic heterocycles. The van der Waals surface area contributed by atoms with E-state index in [-0.39, 0.29) is 24.7 Å². The molecule has 0 aromatic heterocycles. The van der Waals surface area contributed by atoms with E-state index in [0.29, 0.717) is 0 Å². The van der Waals surface area contributed by atoms with Crippen LogP contribution in [0.4, 0.5) is 0 Å². The third-order valence-electron chi connectivity index (χ3n) is 1.85. The van der Waals surface area contributed by atoms with Gasteiger partial charge in [-0.3, -0.25) is 4.79 Å². The fraction of sp³-hybridized carbons (Fsp3) is 0.857. The second-order valence-corrected chi connectivity index (χ2v) is 3.23. The van der Waals surface area contributed by atoms with Crippen molar-refractivity contribution < 1.29 is 9.90 Å². The highest BCUT2D eigenvalue weighted by Crippen LogP contribution is 2.16. The topological polar surface area (TPSA) is 63.3 Å². The van der Waals surface area contributed by atoms with Crippen LogP contribution in [0.2, 0.25) is 0 Å². The highest BCUT2D eigenvalue weighted by atomic mass is 35.5. The first-order chi connectivity index (χ1) is 4.36. The molecule has 0 aromatic carbocycles. The van der Waals surface area contributed by atoms with Gasteiger partial charge in [0, 0.05) is 5.54 Å². The zero-order valence-electron chi connectivity index (χ0n) is 7.13. The van der Waals surface area contributed by atoms with E-state index in [1.807, 2.05) is 13.8 Å². The fourth-order valence-corrected chi connectivity index (χ4v) is 0.530. The van der Waals surface area contributed by atoms with Crippen LogP contribution < -0.4 is 5.73 Å². The van der Waals surface area contributed by atoms with Crippen molar-refractivity contribution >= 4 is 18.4 Å². The summed E-state index contributed by atoms with van der Waals surface area (Å²) in [7, 11) is 0. The number of carboxylic acid groups (broad SMARTS) is 1. The summed E-state index contributed by atoms with van der Waals surface area (Å²) in [5.74, 6) is -0.637. The lowest BCUT2D eigenvalue weighted by Gasteiger charge is -2.26. The normalized spacial score (nSPS) is 15.4. The highest BCUT2D eigenvalue weighted by Gasteiger charge is 2.25. The van der Waals surface area contributed by atoms with Crippen LogP contribution in [-0.4, -0.2) is 16.6 Å². The Kier molecular flexibility index (Phi) is 5.53. The van der Waals surface area contributed by atoms with E-state index in [4.69, 9.17) is 10.8 Å². The SMILES string of the molecule is CC(C)[C@](C)(N)CC(=O)O.Cl. The molecule has 4 heteroatoms. The lowest BCUT2D eigenvalue weighted by Crippen LogP contribution is -2.43. The third kappa shape index (κ3) is 5.04. The van der Waals surface area contributed by atoms with Gasteiger partial charge in [0.25, 0.3) is 0 Å². The van der Waals surface area contributed by atoms with Crippen LogP contribution in [0.15, 0.2) is 0 Å². The van der Waals surface area contributed by atoms with Gasteiger partial charge in [0.1, 0.15) is 0 Å². The Morgan fingerprint density at radius 3 is 2.09 bits per heavy atom. The van der Waals surface area contributed by atoms with Crippen molar-refractivity contribution in [1.82, 2.24) is 0 Å². The minimum Gasteiger partial charge on any atom is -0.481 e. The van der Waals surface area contributed by atoms with E-state index in [1.54, 1.807) is 6.92 Å². The minimum absolute atomic E-state index is 0. The molecule has 0 spiro atoms. The van der Waals surface area contributed by atoms with E-state index in [9.17, 15) is 4.79 Å². The molecule has 0 unspecified atom stereocenters. The predicted molar refractivity (Wildman–Crippen MR) is 46.9 cm³/mol. The van der Waals surface area contributed by atoms with Crippen molar-refractivity contribution in [2.45, 2.75) is 32.7 Å². The Morgan fingerprint density at radius 2 is 2.00 bits per heavy atom. The van der Waals surface area contributed by atoms with E-state index >= 15 is 0 Å². The third-order valence-corrected chi connectivity index (χ3v) is 1.85. The molecule has 0 radical (unpaired) electrons.